The molecule has 7 nitrogen and oxygen atoms in total. The molecular weight excluding hydrogens is 455 g/mol. The van der Waals surface area contributed by atoms with Crippen molar-refractivity contribution < 1.29 is 14.3 Å². The Morgan fingerprint density at radius 2 is 2.04 bits per heavy atom. The number of benzene rings is 1. The Labute approximate surface area is 169 Å². The first kappa shape index (κ1) is 21.7. The fraction of sp³-hybridized carbons (Fsp3) is 0.500. The average molecular weight is 480 g/mol. The van der Waals surface area contributed by atoms with E-state index in [0.717, 1.165) is 29.4 Å². The lowest BCUT2D eigenvalue weighted by Crippen LogP contribution is -2.43. The SMILES string of the molecule is CSCCNC(=NCc1ccc2c(c1)OCO2)NCC(=O)N(C)C.I. The van der Waals surface area contributed by atoms with E-state index in [1.807, 2.05) is 24.5 Å². The number of carbonyl (C=O) groups is 1. The van der Waals surface area contributed by atoms with E-state index in [-0.39, 0.29) is 43.2 Å². The van der Waals surface area contributed by atoms with Gasteiger partial charge in [0, 0.05) is 26.4 Å². The highest BCUT2D eigenvalue weighted by Crippen LogP contribution is 2.32. The highest BCUT2D eigenvalue weighted by molar-refractivity contribution is 14.0. The van der Waals surface area contributed by atoms with E-state index in [0.29, 0.717) is 12.5 Å². The number of nitrogens with one attached hydrogen (secondary N) is 2. The van der Waals surface area contributed by atoms with E-state index in [4.69, 9.17) is 9.47 Å². The van der Waals surface area contributed by atoms with Gasteiger partial charge in [-0.25, -0.2) is 4.99 Å². The molecule has 0 unspecified atom stereocenters. The second kappa shape index (κ2) is 11.3. The number of carbonyl (C=O) groups excluding carboxylic acids is 1. The van der Waals surface area contributed by atoms with Crippen LogP contribution in [0.3, 0.4) is 0 Å². The molecular formula is C16H25IN4O3S. The number of amides is 1. The Hall–Kier alpha value is -1.36. The van der Waals surface area contributed by atoms with Gasteiger partial charge in [0.2, 0.25) is 12.7 Å². The Morgan fingerprint density at radius 3 is 2.76 bits per heavy atom. The molecule has 2 N–H and O–H groups in total. The van der Waals surface area contributed by atoms with Crippen LogP contribution in [0.15, 0.2) is 23.2 Å². The van der Waals surface area contributed by atoms with Gasteiger partial charge < -0.3 is 25.0 Å². The van der Waals surface area contributed by atoms with Gasteiger partial charge in [0.1, 0.15) is 0 Å². The number of guanidine groups is 1. The lowest BCUT2D eigenvalue weighted by Gasteiger charge is -2.14. The summed E-state index contributed by atoms with van der Waals surface area (Å²) < 4.78 is 10.7. The van der Waals surface area contributed by atoms with Gasteiger partial charge in [-0.1, -0.05) is 6.07 Å². The number of aliphatic imine (C=N–C) groups is 1. The molecule has 0 saturated carbocycles. The average Bonchev–Trinajstić information content (AvgIpc) is 3.04. The largest absolute Gasteiger partial charge is 0.454 e. The van der Waals surface area contributed by atoms with Crippen LogP contribution in [-0.2, 0) is 11.3 Å². The number of thioether (sulfide) groups is 1. The van der Waals surface area contributed by atoms with E-state index < -0.39 is 0 Å². The molecule has 2 rings (SSSR count). The summed E-state index contributed by atoms with van der Waals surface area (Å²) in [4.78, 5) is 17.8. The maximum Gasteiger partial charge on any atom is 0.241 e. The summed E-state index contributed by atoms with van der Waals surface area (Å²) >= 11 is 1.75. The normalized spacial score (nSPS) is 12.4. The van der Waals surface area contributed by atoms with Crippen LogP contribution in [0.5, 0.6) is 11.5 Å². The highest BCUT2D eigenvalue weighted by Gasteiger charge is 2.13. The zero-order valence-electron chi connectivity index (χ0n) is 14.7. The first-order valence-electron chi connectivity index (χ1n) is 7.70. The summed E-state index contributed by atoms with van der Waals surface area (Å²) in [6.07, 6.45) is 2.05. The van der Waals surface area contributed by atoms with Crippen LogP contribution in [0.25, 0.3) is 0 Å². The number of halogens is 1. The van der Waals surface area contributed by atoms with Gasteiger partial charge in [-0.2, -0.15) is 11.8 Å². The summed E-state index contributed by atoms with van der Waals surface area (Å²) in [5.74, 6) is 3.09. The molecule has 9 heteroatoms. The molecule has 1 aliphatic heterocycles. The Kier molecular flexibility index (Phi) is 9.79. The molecule has 25 heavy (non-hydrogen) atoms. The van der Waals surface area contributed by atoms with Crippen LogP contribution in [-0.4, -0.2) is 62.8 Å². The Balaban J connectivity index is 0.00000312. The van der Waals surface area contributed by atoms with Gasteiger partial charge in [0.15, 0.2) is 17.5 Å². The number of ether oxygens (including phenoxy) is 2. The van der Waals surface area contributed by atoms with Crippen molar-refractivity contribution >= 4 is 47.6 Å². The lowest BCUT2D eigenvalue weighted by atomic mass is 10.2. The minimum absolute atomic E-state index is 0. The second-order valence-corrected chi connectivity index (χ2v) is 6.40. The summed E-state index contributed by atoms with van der Waals surface area (Å²) in [6.45, 7) is 1.74. The van der Waals surface area contributed by atoms with Gasteiger partial charge in [0.25, 0.3) is 0 Å². The summed E-state index contributed by atoms with van der Waals surface area (Å²) in [6, 6.07) is 5.77. The highest BCUT2D eigenvalue weighted by atomic mass is 127. The summed E-state index contributed by atoms with van der Waals surface area (Å²) in [7, 11) is 3.46. The standard InChI is InChI=1S/C16H24N4O3S.HI/c1-20(2)15(21)10-19-16(17-6-7-24-3)18-9-12-4-5-13-14(8-12)23-11-22-13;/h4-5,8H,6-7,9-11H2,1-3H3,(H2,17,18,19);1H. The smallest absolute Gasteiger partial charge is 0.241 e. The fourth-order valence-electron chi connectivity index (χ4n) is 1.97. The Bertz CT molecular complexity index is 599. The van der Waals surface area contributed by atoms with Crippen LogP contribution in [0.2, 0.25) is 0 Å². The maximum atomic E-state index is 11.7. The third-order valence-electron chi connectivity index (χ3n) is 3.36. The van der Waals surface area contributed by atoms with Crippen molar-refractivity contribution in [3.8, 4) is 11.5 Å². The summed E-state index contributed by atoms with van der Waals surface area (Å²) in [5.41, 5.74) is 1.02. The van der Waals surface area contributed by atoms with Crippen LogP contribution >= 0.6 is 35.7 Å². The molecule has 0 fully saturated rings. The van der Waals surface area contributed by atoms with E-state index in [9.17, 15) is 4.79 Å². The summed E-state index contributed by atoms with van der Waals surface area (Å²) in [5, 5.41) is 6.29. The first-order chi connectivity index (χ1) is 11.6. The molecule has 1 aromatic rings. The maximum absolute atomic E-state index is 11.7. The number of hydrogen-bond acceptors (Lipinski definition) is 5. The molecule has 0 spiro atoms. The van der Waals surface area contributed by atoms with Gasteiger partial charge in [0.05, 0.1) is 13.1 Å². The topological polar surface area (TPSA) is 75.2 Å². The second-order valence-electron chi connectivity index (χ2n) is 5.41. The van der Waals surface area contributed by atoms with Gasteiger partial charge in [-0.15, -0.1) is 24.0 Å². The van der Waals surface area contributed by atoms with Crippen LogP contribution in [0.4, 0.5) is 0 Å². The van der Waals surface area contributed by atoms with E-state index in [1.54, 1.807) is 30.8 Å². The van der Waals surface area contributed by atoms with Crippen molar-refractivity contribution in [3.63, 3.8) is 0 Å². The zero-order valence-corrected chi connectivity index (χ0v) is 17.9. The van der Waals surface area contributed by atoms with Crippen molar-refractivity contribution in [2.45, 2.75) is 6.54 Å². The van der Waals surface area contributed by atoms with Gasteiger partial charge >= 0.3 is 0 Å². The fourth-order valence-corrected chi connectivity index (χ4v) is 2.28. The lowest BCUT2D eigenvalue weighted by molar-refractivity contribution is -0.127. The van der Waals surface area contributed by atoms with Crippen molar-refractivity contribution in [2.75, 3.05) is 46.0 Å². The third-order valence-corrected chi connectivity index (χ3v) is 3.97. The quantitative estimate of drug-likeness (QED) is 0.267. The molecule has 0 saturated heterocycles. The Morgan fingerprint density at radius 1 is 1.28 bits per heavy atom. The zero-order chi connectivity index (χ0) is 17.4. The monoisotopic (exact) mass is 480 g/mol. The third kappa shape index (κ3) is 7.18. The molecule has 1 amide bonds. The minimum Gasteiger partial charge on any atom is -0.454 e. The molecule has 1 heterocycles. The molecule has 1 aliphatic rings. The first-order valence-corrected chi connectivity index (χ1v) is 9.09. The molecule has 0 radical (unpaired) electrons. The van der Waals surface area contributed by atoms with Crippen molar-refractivity contribution in [2.24, 2.45) is 4.99 Å². The van der Waals surface area contributed by atoms with E-state index in [1.165, 1.54) is 0 Å². The number of nitrogens with zero attached hydrogens (tertiary/aromatic N) is 2. The molecule has 140 valence electrons. The minimum atomic E-state index is -0.00236. The van der Waals surface area contributed by atoms with Crippen LogP contribution in [0, 0.1) is 0 Å². The predicted molar refractivity (Wildman–Crippen MR) is 112 cm³/mol. The molecule has 0 aliphatic carbocycles. The van der Waals surface area contributed by atoms with Crippen molar-refractivity contribution in [1.29, 1.82) is 0 Å². The van der Waals surface area contributed by atoms with E-state index in [2.05, 4.69) is 15.6 Å². The number of fused-ring (bicyclic) bond motifs is 1. The van der Waals surface area contributed by atoms with Gasteiger partial charge in [-0.3, -0.25) is 4.79 Å². The molecule has 1 aromatic carbocycles. The van der Waals surface area contributed by atoms with Crippen LogP contribution in [0.1, 0.15) is 5.56 Å². The predicted octanol–water partition coefficient (Wildman–Crippen LogP) is 1.52. The van der Waals surface area contributed by atoms with Crippen molar-refractivity contribution in [3.05, 3.63) is 23.8 Å². The van der Waals surface area contributed by atoms with Crippen LogP contribution < -0.4 is 20.1 Å². The molecule has 0 aromatic heterocycles. The van der Waals surface area contributed by atoms with Crippen molar-refractivity contribution in [1.82, 2.24) is 15.5 Å². The molecule has 0 atom stereocenters. The van der Waals surface area contributed by atoms with Gasteiger partial charge in [-0.05, 0) is 24.0 Å². The number of hydrogen-bond donors (Lipinski definition) is 2. The van der Waals surface area contributed by atoms with E-state index >= 15 is 0 Å². The number of rotatable bonds is 7. The molecule has 0 bridgehead atoms. The number of likely N-dealkylation sites (N-methyl/N-ethyl adjacent to an activating group) is 1.